The molecule has 0 atom stereocenters. The summed E-state index contributed by atoms with van der Waals surface area (Å²) >= 11 is 5.66. The van der Waals surface area contributed by atoms with Gasteiger partial charge >= 0.3 is 12.1 Å². The number of nitrogens with one attached hydrogen (secondary N) is 2. The largest absolute Gasteiger partial charge is 0.462 e. The van der Waals surface area contributed by atoms with Crippen LogP contribution in [0.2, 0.25) is 5.02 Å². The second-order valence-corrected chi connectivity index (χ2v) is 6.98. The number of hydrazine groups is 1. The normalized spacial score (nSPS) is 11.9. The van der Waals surface area contributed by atoms with Crippen LogP contribution in [0.15, 0.2) is 35.4 Å². The standard InChI is InChI=1S/C14H12ClF3N4O4S/c1-2-26-12(23)10-7-19-13(20-11(10)14(16,17)18)21-22-27(24,25)9-5-3-8(15)4-6-9/h3-7,22H,2H2,1H3,(H,19,20,21). The fourth-order valence-corrected chi connectivity index (χ4v) is 2.77. The lowest BCUT2D eigenvalue weighted by atomic mass is 10.2. The van der Waals surface area contributed by atoms with E-state index in [9.17, 15) is 26.4 Å². The Balaban J connectivity index is 2.26. The van der Waals surface area contributed by atoms with E-state index in [1.54, 1.807) is 0 Å². The van der Waals surface area contributed by atoms with Crippen LogP contribution in [0.5, 0.6) is 0 Å². The molecule has 0 bridgehead atoms. The molecule has 0 spiro atoms. The van der Waals surface area contributed by atoms with Gasteiger partial charge in [0.05, 0.1) is 11.5 Å². The molecule has 1 heterocycles. The SMILES string of the molecule is CCOC(=O)c1cnc(NNS(=O)(=O)c2ccc(Cl)cc2)nc1C(F)(F)F. The van der Waals surface area contributed by atoms with E-state index in [0.717, 1.165) is 0 Å². The lowest BCUT2D eigenvalue weighted by molar-refractivity contribution is -0.141. The zero-order valence-corrected chi connectivity index (χ0v) is 15.1. The molecule has 1 aromatic carbocycles. The van der Waals surface area contributed by atoms with Crippen molar-refractivity contribution in [3.63, 3.8) is 0 Å². The number of alkyl halides is 3. The number of esters is 1. The number of carbonyl (C=O) groups excluding carboxylic acids is 1. The Morgan fingerprint density at radius 2 is 1.89 bits per heavy atom. The van der Waals surface area contributed by atoms with Crippen molar-refractivity contribution in [2.75, 3.05) is 12.0 Å². The topological polar surface area (TPSA) is 110 Å². The van der Waals surface area contributed by atoms with Crippen molar-refractivity contribution < 1.29 is 31.1 Å². The number of rotatable bonds is 6. The molecule has 0 radical (unpaired) electrons. The van der Waals surface area contributed by atoms with Crippen LogP contribution < -0.4 is 10.3 Å². The molecular formula is C14H12ClF3N4O4S. The van der Waals surface area contributed by atoms with Crippen molar-refractivity contribution in [1.82, 2.24) is 14.8 Å². The van der Waals surface area contributed by atoms with Crippen LogP contribution in [0, 0.1) is 0 Å². The maximum absolute atomic E-state index is 13.1. The highest BCUT2D eigenvalue weighted by molar-refractivity contribution is 7.89. The number of benzene rings is 1. The van der Waals surface area contributed by atoms with Gasteiger partial charge in [-0.15, -0.1) is 4.83 Å². The van der Waals surface area contributed by atoms with E-state index in [0.29, 0.717) is 11.2 Å². The highest BCUT2D eigenvalue weighted by atomic mass is 35.5. The first-order chi connectivity index (χ1) is 12.5. The number of sulfonamides is 1. The molecule has 0 amide bonds. The summed E-state index contributed by atoms with van der Waals surface area (Å²) in [6.45, 7) is 1.28. The van der Waals surface area contributed by atoms with Gasteiger partial charge in [-0.1, -0.05) is 11.6 Å². The fraction of sp³-hybridized carbons (Fsp3) is 0.214. The van der Waals surface area contributed by atoms with E-state index in [4.69, 9.17) is 11.6 Å². The van der Waals surface area contributed by atoms with E-state index < -0.39 is 39.4 Å². The maximum Gasteiger partial charge on any atom is 0.434 e. The lowest BCUT2D eigenvalue weighted by Gasteiger charge is -2.13. The summed E-state index contributed by atoms with van der Waals surface area (Å²) in [6, 6.07) is 5.03. The predicted molar refractivity (Wildman–Crippen MR) is 88.4 cm³/mol. The number of anilines is 1. The second-order valence-electron chi connectivity index (χ2n) is 4.86. The first kappa shape index (κ1) is 20.9. The van der Waals surface area contributed by atoms with Crippen molar-refractivity contribution in [3.8, 4) is 0 Å². The number of hydrogen-bond donors (Lipinski definition) is 2. The Morgan fingerprint density at radius 1 is 1.26 bits per heavy atom. The maximum atomic E-state index is 13.1. The summed E-state index contributed by atoms with van der Waals surface area (Å²) in [5.41, 5.74) is -0.495. The average molecular weight is 425 g/mol. The summed E-state index contributed by atoms with van der Waals surface area (Å²) in [4.78, 5) is 19.9. The summed E-state index contributed by atoms with van der Waals surface area (Å²) in [6.07, 6.45) is -4.40. The lowest BCUT2D eigenvalue weighted by Crippen LogP contribution is -2.31. The van der Waals surface area contributed by atoms with Gasteiger partial charge in [-0.25, -0.2) is 23.2 Å². The van der Waals surface area contributed by atoms with E-state index in [1.807, 2.05) is 10.3 Å². The van der Waals surface area contributed by atoms with E-state index >= 15 is 0 Å². The molecule has 0 aliphatic rings. The third kappa shape index (κ3) is 5.28. The van der Waals surface area contributed by atoms with Crippen LogP contribution >= 0.6 is 11.6 Å². The smallest absolute Gasteiger partial charge is 0.434 e. The monoisotopic (exact) mass is 424 g/mol. The molecule has 0 unspecified atom stereocenters. The minimum atomic E-state index is -4.99. The van der Waals surface area contributed by atoms with Gasteiger partial charge in [-0.2, -0.15) is 13.2 Å². The number of ether oxygens (including phenoxy) is 1. The van der Waals surface area contributed by atoms with Crippen LogP contribution in [0.25, 0.3) is 0 Å². The van der Waals surface area contributed by atoms with Crippen molar-refractivity contribution in [2.24, 2.45) is 0 Å². The summed E-state index contributed by atoms with van der Waals surface area (Å²) in [7, 11) is -4.13. The van der Waals surface area contributed by atoms with Gasteiger partial charge < -0.3 is 4.74 Å². The molecular weight excluding hydrogens is 413 g/mol. The molecule has 0 fully saturated rings. The molecule has 0 aliphatic heterocycles. The number of halogens is 4. The Morgan fingerprint density at radius 3 is 2.44 bits per heavy atom. The van der Waals surface area contributed by atoms with Gasteiger partial charge in [0.15, 0.2) is 5.69 Å². The molecule has 2 aromatic rings. The van der Waals surface area contributed by atoms with Gasteiger partial charge in [0.25, 0.3) is 10.0 Å². The average Bonchev–Trinajstić information content (AvgIpc) is 2.59. The number of aromatic nitrogens is 2. The Bertz CT molecular complexity index is 936. The Labute approximate surface area is 156 Å². The van der Waals surface area contributed by atoms with Gasteiger partial charge in [-0.3, -0.25) is 5.43 Å². The molecule has 2 N–H and O–H groups in total. The van der Waals surface area contributed by atoms with E-state index in [2.05, 4.69) is 14.7 Å². The molecule has 146 valence electrons. The quantitative estimate of drug-likeness (QED) is 0.541. The van der Waals surface area contributed by atoms with Crippen LogP contribution in [0.3, 0.4) is 0 Å². The first-order valence-corrected chi connectivity index (χ1v) is 9.05. The van der Waals surface area contributed by atoms with Crippen LogP contribution in [-0.2, 0) is 20.9 Å². The van der Waals surface area contributed by atoms with Gasteiger partial charge in [0, 0.05) is 11.2 Å². The molecule has 0 saturated heterocycles. The Hall–Kier alpha value is -2.44. The van der Waals surface area contributed by atoms with Crippen LogP contribution in [0.1, 0.15) is 23.0 Å². The van der Waals surface area contributed by atoms with Gasteiger partial charge in [-0.05, 0) is 31.2 Å². The predicted octanol–water partition coefficient (Wildman–Crippen LogP) is 2.63. The van der Waals surface area contributed by atoms with Crippen LogP contribution in [0.4, 0.5) is 19.1 Å². The number of nitrogens with zero attached hydrogens (tertiary/aromatic N) is 2. The van der Waals surface area contributed by atoms with E-state index in [-0.39, 0.29) is 11.5 Å². The molecule has 0 saturated carbocycles. The third-order valence-electron chi connectivity index (χ3n) is 2.97. The van der Waals surface area contributed by atoms with Crippen LogP contribution in [-0.4, -0.2) is 31.0 Å². The molecule has 13 heteroatoms. The summed E-state index contributed by atoms with van der Waals surface area (Å²) in [5, 5.41) is 0.301. The zero-order valence-electron chi connectivity index (χ0n) is 13.5. The van der Waals surface area contributed by atoms with Gasteiger partial charge in [0.2, 0.25) is 5.95 Å². The minimum absolute atomic E-state index is 0.142. The first-order valence-electron chi connectivity index (χ1n) is 7.19. The molecule has 1 aromatic heterocycles. The molecule has 27 heavy (non-hydrogen) atoms. The van der Waals surface area contributed by atoms with Crippen molar-refractivity contribution in [3.05, 3.63) is 46.7 Å². The second kappa shape index (κ2) is 8.06. The summed E-state index contributed by atoms with van der Waals surface area (Å²) < 4.78 is 68.1. The van der Waals surface area contributed by atoms with Crippen molar-refractivity contribution in [1.29, 1.82) is 0 Å². The Kier molecular flexibility index (Phi) is 6.23. The third-order valence-corrected chi connectivity index (χ3v) is 4.49. The van der Waals surface area contributed by atoms with E-state index in [1.165, 1.54) is 31.2 Å². The highest BCUT2D eigenvalue weighted by Crippen LogP contribution is 2.31. The summed E-state index contributed by atoms with van der Waals surface area (Å²) in [5.74, 6) is -1.97. The number of hydrogen-bond acceptors (Lipinski definition) is 7. The molecule has 8 nitrogen and oxygen atoms in total. The molecule has 2 rings (SSSR count). The number of carbonyl (C=O) groups is 1. The zero-order chi connectivity index (χ0) is 20.2. The van der Waals surface area contributed by atoms with Crippen molar-refractivity contribution >= 4 is 33.5 Å². The highest BCUT2D eigenvalue weighted by Gasteiger charge is 2.38. The molecule has 0 aliphatic carbocycles. The fourth-order valence-electron chi connectivity index (χ4n) is 1.80. The van der Waals surface area contributed by atoms with Gasteiger partial charge in [0.1, 0.15) is 5.56 Å². The minimum Gasteiger partial charge on any atom is -0.462 e. The van der Waals surface area contributed by atoms with Crippen molar-refractivity contribution in [2.45, 2.75) is 18.0 Å².